The highest BCUT2D eigenvalue weighted by Gasteiger charge is 2.41. The summed E-state index contributed by atoms with van der Waals surface area (Å²) in [5, 5.41) is 0. The fourth-order valence-corrected chi connectivity index (χ4v) is 4.57. The van der Waals surface area contributed by atoms with E-state index in [-0.39, 0.29) is 11.7 Å². The van der Waals surface area contributed by atoms with Gasteiger partial charge in [-0.3, -0.25) is 4.90 Å². The fourth-order valence-electron chi connectivity index (χ4n) is 4.57. The van der Waals surface area contributed by atoms with Crippen molar-refractivity contribution in [2.75, 3.05) is 26.7 Å². The molecule has 1 amide bonds. The van der Waals surface area contributed by atoms with Gasteiger partial charge in [-0.05, 0) is 69.5 Å². The molecular formula is C24H34N2O3. The smallest absolute Gasteiger partial charge is 0.414 e. The summed E-state index contributed by atoms with van der Waals surface area (Å²) in [5.41, 5.74) is 2.75. The lowest BCUT2D eigenvalue weighted by atomic mass is 9.87. The highest BCUT2D eigenvalue weighted by Crippen LogP contribution is 2.42. The lowest BCUT2D eigenvalue weighted by Gasteiger charge is -2.37. The zero-order valence-electron chi connectivity index (χ0n) is 18.5. The van der Waals surface area contributed by atoms with E-state index >= 15 is 0 Å². The number of piperidine rings is 1. The summed E-state index contributed by atoms with van der Waals surface area (Å²) in [4.78, 5) is 17.1. The van der Waals surface area contributed by atoms with E-state index in [1.54, 1.807) is 0 Å². The largest absolute Gasteiger partial charge is 0.487 e. The van der Waals surface area contributed by atoms with Gasteiger partial charge in [0.2, 0.25) is 0 Å². The number of rotatable bonds is 1. The van der Waals surface area contributed by atoms with Crippen LogP contribution >= 0.6 is 0 Å². The molecule has 1 atom stereocenters. The van der Waals surface area contributed by atoms with E-state index < -0.39 is 5.60 Å². The summed E-state index contributed by atoms with van der Waals surface area (Å²) in [6, 6.07) is 6.40. The van der Waals surface area contributed by atoms with Gasteiger partial charge in [0.15, 0.2) is 0 Å². The molecule has 1 fully saturated rings. The molecule has 0 saturated carbocycles. The van der Waals surface area contributed by atoms with Crippen LogP contribution in [0.2, 0.25) is 0 Å². The number of fused-ring (bicyclic) bond motifs is 1. The van der Waals surface area contributed by atoms with E-state index in [9.17, 15) is 4.79 Å². The lowest BCUT2D eigenvalue weighted by Crippen LogP contribution is -2.45. The number of benzene rings is 1. The second-order valence-electron chi connectivity index (χ2n) is 10.1. The van der Waals surface area contributed by atoms with E-state index in [0.717, 1.165) is 55.8 Å². The number of nitrogens with zero attached hydrogens (tertiary/aromatic N) is 2. The van der Waals surface area contributed by atoms with E-state index in [0.29, 0.717) is 12.5 Å². The second-order valence-corrected chi connectivity index (χ2v) is 10.1. The first-order chi connectivity index (χ1) is 13.6. The number of hydrogen-bond donors (Lipinski definition) is 0. The Morgan fingerprint density at radius 3 is 2.66 bits per heavy atom. The average Bonchev–Trinajstić information content (AvgIpc) is 3.00. The van der Waals surface area contributed by atoms with Crippen molar-refractivity contribution in [3.8, 4) is 5.75 Å². The summed E-state index contributed by atoms with van der Waals surface area (Å²) in [5.74, 6) is 1.43. The SMILES string of the molecule is CC1CC=C(c2ccc3c(c2)CC2(CCN(C)CC2)O3)N(C(=O)OC(C)(C)C)C1. The van der Waals surface area contributed by atoms with Crippen LogP contribution in [-0.2, 0) is 11.2 Å². The summed E-state index contributed by atoms with van der Waals surface area (Å²) in [6.45, 7) is 10.8. The van der Waals surface area contributed by atoms with E-state index in [4.69, 9.17) is 9.47 Å². The van der Waals surface area contributed by atoms with Gasteiger partial charge in [0.05, 0.1) is 5.70 Å². The summed E-state index contributed by atoms with van der Waals surface area (Å²) in [7, 11) is 2.18. The molecule has 0 aliphatic carbocycles. The maximum atomic E-state index is 12.9. The molecular weight excluding hydrogens is 364 g/mol. The topological polar surface area (TPSA) is 42.0 Å². The Morgan fingerprint density at radius 1 is 1.24 bits per heavy atom. The zero-order valence-corrected chi connectivity index (χ0v) is 18.5. The van der Waals surface area contributed by atoms with Gasteiger partial charge >= 0.3 is 6.09 Å². The molecule has 29 heavy (non-hydrogen) atoms. The minimum atomic E-state index is -0.505. The first kappa shape index (κ1) is 20.3. The van der Waals surface area contributed by atoms with Crippen molar-refractivity contribution in [3.05, 3.63) is 35.4 Å². The van der Waals surface area contributed by atoms with Gasteiger partial charge in [-0.25, -0.2) is 4.79 Å². The Labute approximate surface area is 174 Å². The maximum absolute atomic E-state index is 12.9. The van der Waals surface area contributed by atoms with Crippen LogP contribution in [0, 0.1) is 5.92 Å². The third kappa shape index (κ3) is 4.30. The van der Waals surface area contributed by atoms with Crippen molar-refractivity contribution in [1.82, 2.24) is 9.80 Å². The highest BCUT2D eigenvalue weighted by atomic mass is 16.6. The van der Waals surface area contributed by atoms with Crippen LogP contribution in [0.1, 0.15) is 58.1 Å². The normalized spacial score (nSPS) is 24.1. The van der Waals surface area contributed by atoms with Gasteiger partial charge in [0, 0.05) is 38.9 Å². The standard InChI is InChI=1S/C24H34N2O3/c1-17-6-8-20(26(16-17)22(27)29-23(2,3)4)18-7-9-21-19(14-18)15-24(28-21)10-12-25(5)13-11-24/h7-9,14,17H,6,10-13,15-16H2,1-5H3. The van der Waals surface area contributed by atoms with Crippen molar-refractivity contribution < 1.29 is 14.3 Å². The fraction of sp³-hybridized carbons (Fsp3) is 0.625. The van der Waals surface area contributed by atoms with Crippen LogP contribution in [0.3, 0.4) is 0 Å². The third-order valence-corrected chi connectivity index (χ3v) is 6.21. The predicted molar refractivity (Wildman–Crippen MR) is 115 cm³/mol. The second kappa shape index (κ2) is 7.35. The minimum absolute atomic E-state index is 0.0478. The van der Waals surface area contributed by atoms with Crippen LogP contribution in [0.4, 0.5) is 4.79 Å². The quantitative estimate of drug-likeness (QED) is 0.687. The Hall–Kier alpha value is -2.01. The van der Waals surface area contributed by atoms with Crippen LogP contribution in [0.5, 0.6) is 5.75 Å². The van der Waals surface area contributed by atoms with Crippen LogP contribution < -0.4 is 4.74 Å². The number of hydrogen-bond acceptors (Lipinski definition) is 4. The van der Waals surface area contributed by atoms with Crippen LogP contribution in [0.15, 0.2) is 24.3 Å². The van der Waals surface area contributed by atoms with Crippen LogP contribution in [-0.4, -0.2) is 53.8 Å². The molecule has 1 spiro atoms. The first-order valence-corrected chi connectivity index (χ1v) is 10.9. The van der Waals surface area contributed by atoms with Crippen molar-refractivity contribution >= 4 is 11.8 Å². The summed E-state index contributed by atoms with van der Waals surface area (Å²) in [6.07, 6.45) is 5.98. The molecule has 0 N–H and O–H groups in total. The van der Waals surface area contributed by atoms with Gasteiger partial charge in [0.1, 0.15) is 17.0 Å². The van der Waals surface area contributed by atoms with Gasteiger partial charge in [-0.15, -0.1) is 0 Å². The van der Waals surface area contributed by atoms with Crippen molar-refractivity contribution in [2.24, 2.45) is 5.92 Å². The zero-order chi connectivity index (χ0) is 20.8. The molecule has 0 bridgehead atoms. The minimum Gasteiger partial charge on any atom is -0.487 e. The predicted octanol–water partition coefficient (Wildman–Crippen LogP) is 4.70. The molecule has 5 nitrogen and oxygen atoms in total. The Kier molecular flexibility index (Phi) is 5.14. The van der Waals surface area contributed by atoms with Crippen molar-refractivity contribution in [3.63, 3.8) is 0 Å². The van der Waals surface area contributed by atoms with Gasteiger partial charge in [0.25, 0.3) is 0 Å². The number of ether oxygens (including phenoxy) is 2. The first-order valence-electron chi connectivity index (χ1n) is 10.9. The number of allylic oxidation sites excluding steroid dienone is 1. The number of amides is 1. The molecule has 3 aliphatic heterocycles. The maximum Gasteiger partial charge on any atom is 0.414 e. The Morgan fingerprint density at radius 2 is 1.97 bits per heavy atom. The molecule has 3 heterocycles. The molecule has 0 radical (unpaired) electrons. The molecule has 4 rings (SSSR count). The number of carbonyl (C=O) groups excluding carboxylic acids is 1. The summed E-state index contributed by atoms with van der Waals surface area (Å²) < 4.78 is 12.1. The molecule has 1 aromatic carbocycles. The van der Waals surface area contributed by atoms with E-state index in [2.05, 4.69) is 43.1 Å². The number of carbonyl (C=O) groups is 1. The molecule has 0 aromatic heterocycles. The Balaban J connectivity index is 1.58. The number of likely N-dealkylation sites (tertiary alicyclic amines) is 1. The molecule has 5 heteroatoms. The van der Waals surface area contributed by atoms with Crippen LogP contribution in [0.25, 0.3) is 5.70 Å². The van der Waals surface area contributed by atoms with Gasteiger partial charge in [-0.1, -0.05) is 13.0 Å². The molecule has 158 valence electrons. The molecule has 1 unspecified atom stereocenters. The van der Waals surface area contributed by atoms with Crippen molar-refractivity contribution in [1.29, 1.82) is 0 Å². The Bertz CT molecular complexity index is 816. The van der Waals surface area contributed by atoms with Gasteiger partial charge < -0.3 is 14.4 Å². The summed E-state index contributed by atoms with van der Waals surface area (Å²) >= 11 is 0. The molecule has 1 aromatic rings. The van der Waals surface area contributed by atoms with Crippen molar-refractivity contribution in [2.45, 2.75) is 64.6 Å². The lowest BCUT2D eigenvalue weighted by molar-refractivity contribution is 0.0271. The highest BCUT2D eigenvalue weighted by molar-refractivity contribution is 5.83. The molecule has 1 saturated heterocycles. The van der Waals surface area contributed by atoms with Gasteiger partial charge in [-0.2, -0.15) is 0 Å². The monoisotopic (exact) mass is 398 g/mol. The third-order valence-electron chi connectivity index (χ3n) is 6.21. The van der Waals surface area contributed by atoms with E-state index in [1.807, 2.05) is 25.7 Å². The van der Waals surface area contributed by atoms with E-state index in [1.165, 1.54) is 5.56 Å². The molecule has 3 aliphatic rings. The average molecular weight is 399 g/mol.